The highest BCUT2D eigenvalue weighted by Crippen LogP contribution is 2.30. The summed E-state index contributed by atoms with van der Waals surface area (Å²) in [6.07, 6.45) is 7.43. The Morgan fingerprint density at radius 3 is 2.79 bits per heavy atom. The van der Waals surface area contributed by atoms with Crippen LogP contribution < -0.4 is 5.32 Å². The third-order valence-electron chi connectivity index (χ3n) is 3.87. The lowest BCUT2D eigenvalue weighted by Crippen LogP contribution is -2.36. The number of halogens is 2. The van der Waals surface area contributed by atoms with E-state index in [0.29, 0.717) is 11.1 Å². The molecule has 0 heterocycles. The molecule has 106 valence electrons. The molecule has 3 atom stereocenters. The van der Waals surface area contributed by atoms with E-state index in [1.54, 1.807) is 0 Å². The zero-order valence-electron chi connectivity index (χ0n) is 11.5. The molecule has 1 aromatic rings. The second-order valence-electron chi connectivity index (χ2n) is 5.28. The Kier molecular flexibility index (Phi) is 5.88. The zero-order valence-corrected chi connectivity index (χ0v) is 13.8. The second-order valence-corrected chi connectivity index (χ2v) is 7.26. The highest BCUT2D eigenvalue weighted by Gasteiger charge is 2.23. The van der Waals surface area contributed by atoms with Crippen LogP contribution >= 0.6 is 35.0 Å². The predicted octanol–water partition coefficient (Wildman–Crippen LogP) is 5.32. The van der Waals surface area contributed by atoms with Gasteiger partial charge in [0.25, 0.3) is 0 Å². The molecule has 1 aromatic carbocycles. The first-order valence-electron chi connectivity index (χ1n) is 6.84. The summed E-state index contributed by atoms with van der Waals surface area (Å²) in [4.78, 5) is 0. The van der Waals surface area contributed by atoms with E-state index < -0.39 is 0 Å². The first-order valence-corrected chi connectivity index (χ1v) is 8.88. The summed E-state index contributed by atoms with van der Waals surface area (Å²) in [6, 6.07) is 6.63. The number of hydrogen-bond acceptors (Lipinski definition) is 2. The van der Waals surface area contributed by atoms with E-state index in [0.717, 1.165) is 15.8 Å². The van der Waals surface area contributed by atoms with Crippen molar-refractivity contribution in [3.63, 3.8) is 0 Å². The van der Waals surface area contributed by atoms with Crippen LogP contribution in [0.15, 0.2) is 18.2 Å². The summed E-state index contributed by atoms with van der Waals surface area (Å²) in [7, 11) is 0. The van der Waals surface area contributed by atoms with Crippen LogP contribution in [0.3, 0.4) is 0 Å². The van der Waals surface area contributed by atoms with Crippen molar-refractivity contribution in [3.8, 4) is 0 Å². The average Bonchev–Trinajstić information content (AvgIpc) is 2.38. The van der Waals surface area contributed by atoms with E-state index in [-0.39, 0.29) is 6.04 Å². The average molecular weight is 318 g/mol. The quantitative estimate of drug-likeness (QED) is 0.806. The van der Waals surface area contributed by atoms with Crippen LogP contribution in [0, 0.1) is 0 Å². The van der Waals surface area contributed by atoms with Gasteiger partial charge in [-0.15, -0.1) is 0 Å². The first kappa shape index (κ1) is 15.5. The summed E-state index contributed by atoms with van der Waals surface area (Å²) >= 11 is 14.2. The molecular weight excluding hydrogens is 297 g/mol. The molecule has 1 N–H and O–H groups in total. The Morgan fingerprint density at radius 1 is 1.32 bits per heavy atom. The molecule has 3 unspecified atom stereocenters. The van der Waals surface area contributed by atoms with Gasteiger partial charge in [-0.25, -0.2) is 0 Å². The van der Waals surface area contributed by atoms with E-state index in [1.165, 1.54) is 25.7 Å². The van der Waals surface area contributed by atoms with Gasteiger partial charge in [-0.2, -0.15) is 11.8 Å². The van der Waals surface area contributed by atoms with Gasteiger partial charge in [-0.3, -0.25) is 0 Å². The van der Waals surface area contributed by atoms with Gasteiger partial charge in [0, 0.05) is 27.4 Å². The molecule has 1 aliphatic rings. The maximum Gasteiger partial charge on any atom is 0.0468 e. The van der Waals surface area contributed by atoms with E-state index >= 15 is 0 Å². The van der Waals surface area contributed by atoms with Crippen molar-refractivity contribution in [2.75, 3.05) is 6.26 Å². The Labute approximate surface area is 130 Å². The molecule has 0 amide bonds. The van der Waals surface area contributed by atoms with Gasteiger partial charge in [0.2, 0.25) is 0 Å². The highest BCUT2D eigenvalue weighted by molar-refractivity contribution is 7.99. The summed E-state index contributed by atoms with van der Waals surface area (Å²) in [6.45, 7) is 2.18. The first-order chi connectivity index (χ1) is 9.10. The molecule has 0 aromatic heterocycles. The summed E-state index contributed by atoms with van der Waals surface area (Å²) in [5.74, 6) is 0. The summed E-state index contributed by atoms with van der Waals surface area (Å²) < 4.78 is 0. The second kappa shape index (κ2) is 7.21. The highest BCUT2D eigenvalue weighted by atomic mass is 35.5. The molecule has 0 bridgehead atoms. The molecule has 19 heavy (non-hydrogen) atoms. The van der Waals surface area contributed by atoms with E-state index in [2.05, 4.69) is 18.5 Å². The van der Waals surface area contributed by atoms with Crippen LogP contribution in [-0.2, 0) is 0 Å². The molecule has 4 heteroatoms. The number of hydrogen-bond donors (Lipinski definition) is 1. The van der Waals surface area contributed by atoms with Gasteiger partial charge in [-0.1, -0.05) is 35.7 Å². The lowest BCUT2D eigenvalue weighted by atomic mass is 9.93. The molecule has 1 aliphatic carbocycles. The molecule has 0 radical (unpaired) electrons. The summed E-state index contributed by atoms with van der Waals surface area (Å²) in [5.41, 5.74) is 1.14. The minimum atomic E-state index is 0.273. The maximum absolute atomic E-state index is 6.27. The maximum atomic E-state index is 6.27. The fraction of sp³-hybridized carbons (Fsp3) is 0.600. The third kappa shape index (κ3) is 4.29. The molecule has 0 aliphatic heterocycles. The molecule has 0 spiro atoms. The number of thioether (sulfide) groups is 1. The summed E-state index contributed by atoms with van der Waals surface area (Å²) in [5, 5.41) is 5.97. The van der Waals surface area contributed by atoms with Gasteiger partial charge >= 0.3 is 0 Å². The predicted molar refractivity (Wildman–Crippen MR) is 87.6 cm³/mol. The molecule has 1 nitrogen and oxygen atoms in total. The van der Waals surface area contributed by atoms with Crippen LogP contribution in [0.2, 0.25) is 10.0 Å². The van der Waals surface area contributed by atoms with Gasteiger partial charge in [0.15, 0.2) is 0 Å². The number of nitrogens with one attached hydrogen (secondary N) is 1. The Morgan fingerprint density at radius 2 is 2.11 bits per heavy atom. The largest absolute Gasteiger partial charge is 0.307 e. The van der Waals surface area contributed by atoms with Gasteiger partial charge in [-0.05, 0) is 50.1 Å². The van der Waals surface area contributed by atoms with Crippen LogP contribution in [0.1, 0.15) is 44.2 Å². The Balaban J connectivity index is 1.98. The standard InChI is InChI=1S/C15H21Cl2NS/c1-10(14-7-6-11(16)8-15(14)17)18-12-4-3-5-13(9-12)19-2/h6-8,10,12-13,18H,3-5,9H2,1-2H3. The van der Waals surface area contributed by atoms with E-state index in [1.807, 2.05) is 30.0 Å². The lowest BCUT2D eigenvalue weighted by molar-refractivity contribution is 0.353. The van der Waals surface area contributed by atoms with E-state index in [4.69, 9.17) is 23.2 Å². The van der Waals surface area contributed by atoms with Crippen LogP contribution in [0.4, 0.5) is 0 Å². The van der Waals surface area contributed by atoms with Crippen molar-refractivity contribution in [1.82, 2.24) is 5.32 Å². The van der Waals surface area contributed by atoms with Crippen LogP contribution in [-0.4, -0.2) is 17.5 Å². The molecular formula is C15H21Cl2NS. The smallest absolute Gasteiger partial charge is 0.0468 e. The van der Waals surface area contributed by atoms with Gasteiger partial charge in [0.1, 0.15) is 0 Å². The van der Waals surface area contributed by atoms with Gasteiger partial charge in [0.05, 0.1) is 0 Å². The monoisotopic (exact) mass is 317 g/mol. The van der Waals surface area contributed by atoms with Crippen molar-refractivity contribution in [2.45, 2.75) is 49.9 Å². The fourth-order valence-electron chi connectivity index (χ4n) is 2.81. The number of benzene rings is 1. The van der Waals surface area contributed by atoms with E-state index in [9.17, 15) is 0 Å². The Bertz CT molecular complexity index is 425. The fourth-order valence-corrected chi connectivity index (χ4v) is 4.21. The van der Waals surface area contributed by atoms with Crippen molar-refractivity contribution < 1.29 is 0 Å². The third-order valence-corrected chi connectivity index (χ3v) is 5.53. The molecule has 1 saturated carbocycles. The minimum absolute atomic E-state index is 0.273. The normalized spacial score (nSPS) is 25.3. The van der Waals surface area contributed by atoms with Crippen molar-refractivity contribution in [2.24, 2.45) is 0 Å². The number of rotatable bonds is 4. The van der Waals surface area contributed by atoms with Crippen molar-refractivity contribution in [1.29, 1.82) is 0 Å². The van der Waals surface area contributed by atoms with Crippen LogP contribution in [0.5, 0.6) is 0 Å². The SMILES string of the molecule is CSC1CCCC(NC(C)c2ccc(Cl)cc2Cl)C1. The molecule has 0 saturated heterocycles. The van der Waals surface area contributed by atoms with Gasteiger partial charge < -0.3 is 5.32 Å². The minimum Gasteiger partial charge on any atom is -0.307 e. The molecule has 1 fully saturated rings. The Hall–Kier alpha value is 0.110. The zero-order chi connectivity index (χ0) is 13.8. The lowest BCUT2D eigenvalue weighted by Gasteiger charge is -2.31. The topological polar surface area (TPSA) is 12.0 Å². The van der Waals surface area contributed by atoms with Crippen molar-refractivity contribution in [3.05, 3.63) is 33.8 Å². The van der Waals surface area contributed by atoms with Crippen molar-refractivity contribution >= 4 is 35.0 Å². The van der Waals surface area contributed by atoms with Crippen LogP contribution in [0.25, 0.3) is 0 Å². The molecule has 2 rings (SSSR count).